The molecule has 0 fully saturated rings. The van der Waals surface area contributed by atoms with Crippen molar-refractivity contribution < 1.29 is 0 Å². The molecule has 0 radical (unpaired) electrons. The summed E-state index contributed by atoms with van der Waals surface area (Å²) in [5.41, 5.74) is 2.51. The van der Waals surface area contributed by atoms with Gasteiger partial charge in [0.1, 0.15) is 0 Å². The van der Waals surface area contributed by atoms with Gasteiger partial charge in [0.2, 0.25) is 0 Å². The van der Waals surface area contributed by atoms with Crippen LogP contribution in [0.2, 0.25) is 0 Å². The van der Waals surface area contributed by atoms with Gasteiger partial charge in [-0.2, -0.15) is 0 Å². The molecule has 16 heavy (non-hydrogen) atoms. The van der Waals surface area contributed by atoms with Crippen LogP contribution in [-0.4, -0.2) is 20.2 Å². The lowest BCUT2D eigenvalue weighted by atomic mass is 10.1. The molecule has 0 amide bonds. The monoisotopic (exact) mass is 236 g/mol. The van der Waals surface area contributed by atoms with E-state index in [4.69, 9.17) is 11.6 Å². The third kappa shape index (κ3) is 2.39. The Kier molecular flexibility index (Phi) is 3.51. The van der Waals surface area contributed by atoms with Gasteiger partial charge in [-0.05, 0) is 28.0 Å². The van der Waals surface area contributed by atoms with Gasteiger partial charge in [-0.15, -0.1) is 16.7 Å². The molecule has 1 aromatic carbocycles. The highest BCUT2D eigenvalue weighted by Crippen LogP contribution is 2.07. The molecule has 1 heterocycles. The highest BCUT2D eigenvalue weighted by molar-refractivity contribution is 6.16. The zero-order chi connectivity index (χ0) is 11.4. The lowest BCUT2D eigenvalue weighted by Gasteiger charge is -2.03. The molecule has 0 saturated carbocycles. The first-order valence-electron chi connectivity index (χ1n) is 5.22. The van der Waals surface area contributed by atoms with Crippen molar-refractivity contribution in [2.75, 3.05) is 0 Å². The van der Waals surface area contributed by atoms with E-state index in [-0.39, 0.29) is 0 Å². The summed E-state index contributed by atoms with van der Waals surface area (Å²) < 4.78 is 1.72. The summed E-state index contributed by atoms with van der Waals surface area (Å²) in [4.78, 5) is 0. The van der Waals surface area contributed by atoms with Crippen molar-refractivity contribution in [2.45, 2.75) is 25.8 Å². The Balaban J connectivity index is 2.14. The van der Waals surface area contributed by atoms with Crippen molar-refractivity contribution in [1.82, 2.24) is 20.2 Å². The smallest absolute Gasteiger partial charge is 0.166 e. The van der Waals surface area contributed by atoms with E-state index in [2.05, 4.69) is 46.7 Å². The predicted molar refractivity (Wildman–Crippen MR) is 62.3 cm³/mol. The third-order valence-corrected chi connectivity index (χ3v) is 2.73. The van der Waals surface area contributed by atoms with E-state index in [1.807, 2.05) is 0 Å². The average molecular weight is 237 g/mol. The summed E-state index contributed by atoms with van der Waals surface area (Å²) in [5.74, 6) is 1.03. The van der Waals surface area contributed by atoms with Crippen molar-refractivity contribution in [3.8, 4) is 0 Å². The fourth-order valence-corrected chi connectivity index (χ4v) is 1.69. The summed E-state index contributed by atoms with van der Waals surface area (Å²) in [6.07, 6.45) is 1.05. The summed E-state index contributed by atoms with van der Waals surface area (Å²) in [7, 11) is 0. The maximum Gasteiger partial charge on any atom is 0.166 e. The molecular formula is C11H13ClN4. The van der Waals surface area contributed by atoms with Gasteiger partial charge in [0.15, 0.2) is 5.82 Å². The molecule has 0 saturated heterocycles. The fourth-order valence-electron chi connectivity index (χ4n) is 1.50. The van der Waals surface area contributed by atoms with Crippen molar-refractivity contribution in [1.29, 1.82) is 0 Å². The lowest BCUT2D eigenvalue weighted by molar-refractivity contribution is 0.630. The number of nitrogens with zero attached hydrogens (tertiary/aromatic N) is 4. The maximum absolute atomic E-state index is 5.72. The minimum Gasteiger partial charge on any atom is -0.224 e. The Hall–Kier alpha value is -1.42. The Morgan fingerprint density at radius 3 is 2.50 bits per heavy atom. The summed E-state index contributed by atoms with van der Waals surface area (Å²) in [6.45, 7) is 2.81. The van der Waals surface area contributed by atoms with E-state index < -0.39 is 0 Å². The summed E-state index contributed by atoms with van der Waals surface area (Å²) in [6, 6.07) is 8.44. The lowest BCUT2D eigenvalue weighted by Crippen LogP contribution is -2.05. The molecule has 0 bridgehead atoms. The number of hydrogen-bond acceptors (Lipinski definition) is 3. The zero-order valence-electron chi connectivity index (χ0n) is 9.10. The Morgan fingerprint density at radius 1 is 1.19 bits per heavy atom. The summed E-state index contributed by atoms with van der Waals surface area (Å²) in [5, 5.41) is 11.3. The molecule has 0 aliphatic heterocycles. The van der Waals surface area contributed by atoms with Crippen molar-refractivity contribution in [3.63, 3.8) is 0 Å². The van der Waals surface area contributed by atoms with E-state index in [1.165, 1.54) is 11.1 Å². The van der Waals surface area contributed by atoms with Crippen LogP contribution in [0.25, 0.3) is 0 Å². The molecule has 0 N–H and O–H groups in total. The van der Waals surface area contributed by atoms with Crippen LogP contribution >= 0.6 is 11.6 Å². The highest BCUT2D eigenvalue weighted by atomic mass is 35.5. The minimum absolute atomic E-state index is 0.333. The molecule has 5 heteroatoms. The number of aryl methyl sites for hydroxylation is 1. The second-order valence-electron chi connectivity index (χ2n) is 3.56. The van der Waals surface area contributed by atoms with Gasteiger partial charge in [0.25, 0.3) is 0 Å². The van der Waals surface area contributed by atoms with Crippen LogP contribution in [0.3, 0.4) is 0 Å². The average Bonchev–Trinajstić information content (AvgIpc) is 2.77. The molecule has 84 valence electrons. The van der Waals surface area contributed by atoms with Gasteiger partial charge < -0.3 is 0 Å². The van der Waals surface area contributed by atoms with E-state index in [1.54, 1.807) is 4.68 Å². The Labute approximate surface area is 99.2 Å². The molecule has 1 aromatic heterocycles. The number of halogens is 1. The van der Waals surface area contributed by atoms with E-state index in [0.717, 1.165) is 6.42 Å². The highest BCUT2D eigenvalue weighted by Gasteiger charge is 2.04. The molecular weight excluding hydrogens is 224 g/mol. The number of rotatable bonds is 4. The SMILES string of the molecule is CCc1ccc(Cn2nnnc2CCl)cc1. The van der Waals surface area contributed by atoms with Gasteiger partial charge in [0, 0.05) is 0 Å². The van der Waals surface area contributed by atoms with E-state index in [0.29, 0.717) is 18.2 Å². The zero-order valence-corrected chi connectivity index (χ0v) is 9.85. The summed E-state index contributed by atoms with van der Waals surface area (Å²) >= 11 is 5.72. The van der Waals surface area contributed by atoms with Crippen molar-refractivity contribution in [3.05, 3.63) is 41.2 Å². The number of hydrogen-bond donors (Lipinski definition) is 0. The van der Waals surface area contributed by atoms with E-state index in [9.17, 15) is 0 Å². The van der Waals surface area contributed by atoms with Crippen LogP contribution < -0.4 is 0 Å². The van der Waals surface area contributed by atoms with Crippen LogP contribution in [0.1, 0.15) is 23.9 Å². The van der Waals surface area contributed by atoms with Gasteiger partial charge in [0.05, 0.1) is 12.4 Å². The normalized spacial score (nSPS) is 10.6. The molecule has 0 aliphatic rings. The molecule has 0 spiro atoms. The number of aromatic nitrogens is 4. The molecule has 2 aromatic rings. The second kappa shape index (κ2) is 5.07. The Morgan fingerprint density at radius 2 is 1.88 bits per heavy atom. The number of tetrazole rings is 1. The first-order chi connectivity index (χ1) is 7.83. The van der Waals surface area contributed by atoms with Crippen molar-refractivity contribution in [2.24, 2.45) is 0 Å². The molecule has 0 atom stereocenters. The van der Waals surface area contributed by atoms with Crippen LogP contribution in [0.4, 0.5) is 0 Å². The van der Waals surface area contributed by atoms with Gasteiger partial charge in [-0.1, -0.05) is 31.2 Å². The first-order valence-corrected chi connectivity index (χ1v) is 5.75. The molecule has 2 rings (SSSR count). The van der Waals surface area contributed by atoms with E-state index >= 15 is 0 Å². The van der Waals surface area contributed by atoms with Gasteiger partial charge in [-0.3, -0.25) is 0 Å². The predicted octanol–water partition coefficient (Wildman–Crippen LogP) is 2.02. The topological polar surface area (TPSA) is 43.6 Å². The minimum atomic E-state index is 0.333. The largest absolute Gasteiger partial charge is 0.224 e. The second-order valence-corrected chi connectivity index (χ2v) is 3.82. The third-order valence-electron chi connectivity index (χ3n) is 2.49. The van der Waals surface area contributed by atoms with Crippen LogP contribution in [0.5, 0.6) is 0 Å². The molecule has 0 aliphatic carbocycles. The van der Waals surface area contributed by atoms with Gasteiger partial charge in [-0.25, -0.2) is 4.68 Å². The fraction of sp³-hybridized carbons (Fsp3) is 0.364. The first kappa shape index (κ1) is 11.1. The molecule has 0 unspecified atom stereocenters. The maximum atomic E-state index is 5.72. The van der Waals surface area contributed by atoms with Gasteiger partial charge >= 0.3 is 0 Å². The quantitative estimate of drug-likeness (QED) is 0.763. The van der Waals surface area contributed by atoms with Crippen molar-refractivity contribution >= 4 is 11.6 Å². The standard InChI is InChI=1S/C11H13ClN4/c1-2-9-3-5-10(6-4-9)8-16-11(7-12)13-14-15-16/h3-6H,2,7-8H2,1H3. The molecule has 4 nitrogen and oxygen atoms in total. The van der Waals surface area contributed by atoms with Crippen LogP contribution in [0, 0.1) is 0 Å². The van der Waals surface area contributed by atoms with Crippen LogP contribution in [0.15, 0.2) is 24.3 Å². The number of alkyl halides is 1. The Bertz CT molecular complexity index is 449. The number of benzene rings is 1. The van der Waals surface area contributed by atoms with Crippen LogP contribution in [-0.2, 0) is 18.8 Å².